The molecule has 6 aromatic carbocycles. The largest absolute Gasteiger partial charge is 0.507 e. The van der Waals surface area contributed by atoms with Crippen LogP contribution in [0.1, 0.15) is 122 Å². The van der Waals surface area contributed by atoms with Crippen LogP contribution in [0.5, 0.6) is 5.75 Å². The van der Waals surface area contributed by atoms with Crippen LogP contribution in [0.2, 0.25) is 0 Å². The van der Waals surface area contributed by atoms with E-state index in [4.69, 9.17) is 29.2 Å². The minimum Gasteiger partial charge on any atom is -0.507 e. The number of fused-ring (bicyclic) bond motifs is 1. The number of imidazole rings is 1. The molecule has 0 spiro atoms. The third-order valence-corrected chi connectivity index (χ3v) is 11.0. The first-order chi connectivity index (χ1) is 34.4. The summed E-state index contributed by atoms with van der Waals surface area (Å²) in [6, 6.07) is 31.1. The van der Waals surface area contributed by atoms with Crippen LogP contribution in [0.4, 0.5) is 0 Å². The summed E-state index contributed by atoms with van der Waals surface area (Å²) >= 11 is 0. The summed E-state index contributed by atoms with van der Waals surface area (Å²) in [7, 11) is 0. The van der Waals surface area contributed by atoms with Crippen LogP contribution in [0.15, 0.2) is 140 Å². The molecule has 0 aliphatic heterocycles. The Morgan fingerprint density at radius 3 is 2.10 bits per heavy atom. The maximum absolute atomic E-state index is 12.4. The number of phenols is 1. The minimum atomic E-state index is -3.52. The molecule has 2 aromatic heterocycles. The van der Waals surface area contributed by atoms with Gasteiger partial charge in [-0.2, -0.15) is 0 Å². The number of aromatic hydroxyl groups is 1. The average Bonchev–Trinajstić information content (AvgIpc) is 3.71. The Bertz CT molecular complexity index is 3420. The Balaban J connectivity index is 0.00000820. The summed E-state index contributed by atoms with van der Waals surface area (Å²) in [6.45, 7) is 3.66. The summed E-state index contributed by atoms with van der Waals surface area (Å²) < 4.78 is 121. The van der Waals surface area contributed by atoms with Crippen molar-refractivity contribution in [3.8, 4) is 67.5 Å². The molecule has 8 aromatic rings. The van der Waals surface area contributed by atoms with Crippen molar-refractivity contribution in [2.24, 2.45) is 0 Å². The Labute approximate surface area is 396 Å². The number of rotatable bonds is 8. The maximum Gasteiger partial charge on any atom is 0.148 e. The van der Waals surface area contributed by atoms with E-state index in [9.17, 15) is 5.11 Å². The van der Waals surface area contributed by atoms with Gasteiger partial charge < -0.3 is 5.11 Å². The van der Waals surface area contributed by atoms with Gasteiger partial charge >= 0.3 is 0 Å². The van der Waals surface area contributed by atoms with Gasteiger partial charge in [-0.25, -0.2) is 4.98 Å². The van der Waals surface area contributed by atoms with Crippen molar-refractivity contribution in [1.82, 2.24) is 14.5 Å². The molecule has 0 saturated carbocycles. The van der Waals surface area contributed by atoms with Crippen LogP contribution in [0.25, 0.3) is 72.7 Å². The van der Waals surface area contributed by atoms with E-state index in [1.807, 2.05) is 74.7 Å². The smallest absolute Gasteiger partial charge is 0.148 e. The predicted octanol–water partition coefficient (Wildman–Crippen LogP) is 15.1. The molecule has 4 nitrogen and oxygen atoms in total. The molecule has 61 heavy (non-hydrogen) atoms. The molecule has 1 N–H and O–H groups in total. The minimum absolute atomic E-state index is 0. The summed E-state index contributed by atoms with van der Waals surface area (Å²) in [5.74, 6) is 0.176. The molecule has 0 aliphatic carbocycles. The topological polar surface area (TPSA) is 50.9 Å². The molecule has 0 bridgehead atoms. The van der Waals surface area contributed by atoms with Crippen LogP contribution in [0, 0.1) is 6.07 Å². The van der Waals surface area contributed by atoms with Gasteiger partial charge in [0, 0.05) is 50.9 Å². The zero-order valence-corrected chi connectivity index (χ0v) is 37.4. The molecule has 0 saturated heterocycles. The molecule has 8 rings (SSSR count). The van der Waals surface area contributed by atoms with E-state index in [-0.39, 0.29) is 62.1 Å². The van der Waals surface area contributed by atoms with Gasteiger partial charge in [0.05, 0.1) is 29.1 Å². The molecular weight excluding hydrogens is 926 g/mol. The second-order valence-corrected chi connectivity index (χ2v) is 17.0. The second kappa shape index (κ2) is 17.1. The molecule has 0 fully saturated rings. The summed E-state index contributed by atoms with van der Waals surface area (Å²) in [5.41, 5.74) is 3.47. The van der Waals surface area contributed by atoms with Crippen molar-refractivity contribution in [2.75, 3.05) is 0 Å². The monoisotopic (exact) mass is 995 g/mol. The zero-order valence-electron chi connectivity index (χ0n) is 49.2. The van der Waals surface area contributed by atoms with E-state index in [2.05, 4.69) is 26.8 Å². The molecule has 5 heteroatoms. The maximum atomic E-state index is 12.4. The fourth-order valence-electron chi connectivity index (χ4n) is 7.59. The van der Waals surface area contributed by atoms with Crippen molar-refractivity contribution in [2.45, 2.75) is 91.7 Å². The van der Waals surface area contributed by atoms with Crippen LogP contribution in [-0.4, -0.2) is 19.6 Å². The SMILES string of the molecule is [2H]c1c([2H])c([2H])c(-c2ccnc(-c3[c-]c(-c4cccc5c4nc(-c4cc(C(C)C)cc(C(C)C)c4O)n5-c4ccc(C(C([2H])([2H])[2H])(C([2H])([2H])[2H])C([2H])([2H])[2H])cc4-c4ccccc4)cc(C(C)(C)C)c3)c2)c([2H])c1[2H].[Pt]. The molecule has 0 atom stereocenters. The quantitative estimate of drug-likeness (QED) is 0.154. The van der Waals surface area contributed by atoms with E-state index in [1.165, 1.54) is 24.4 Å². The Hall–Kier alpha value is -5.57. The Kier molecular flexibility index (Phi) is 8.07. The zero-order chi connectivity index (χ0) is 54.4. The van der Waals surface area contributed by atoms with Gasteiger partial charge in [0.1, 0.15) is 11.6 Å². The van der Waals surface area contributed by atoms with E-state index >= 15 is 0 Å². The summed E-state index contributed by atoms with van der Waals surface area (Å²) in [5, 5.41) is 12.4. The van der Waals surface area contributed by atoms with E-state index < -0.39 is 55.1 Å². The van der Waals surface area contributed by atoms with Crippen LogP contribution in [-0.2, 0) is 31.9 Å². The van der Waals surface area contributed by atoms with Gasteiger partial charge in [-0.05, 0) is 86.4 Å². The molecule has 2 heterocycles. The fraction of sp³-hybridized carbons (Fsp3) is 0.250. The number of benzene rings is 6. The summed E-state index contributed by atoms with van der Waals surface area (Å²) in [4.78, 5) is 10.1. The van der Waals surface area contributed by atoms with Gasteiger partial charge in [0.25, 0.3) is 0 Å². The number of hydrogen-bond acceptors (Lipinski definition) is 3. The first-order valence-electron chi connectivity index (χ1n) is 27.1. The van der Waals surface area contributed by atoms with E-state index in [0.717, 1.165) is 11.1 Å². The first-order valence-corrected chi connectivity index (χ1v) is 20.1. The third kappa shape index (κ3) is 8.66. The van der Waals surface area contributed by atoms with Crippen LogP contribution in [0.3, 0.4) is 0 Å². The fourth-order valence-corrected chi connectivity index (χ4v) is 7.59. The standard InChI is InChI=1S/C56H56N3O.Pt/c1-35(2)40-31-46(36(3)4)53(60)48(32-40)54-58-52-45(22-17-23-51(52)59(54)50-25-24-43(55(5,6)7)34-47(50)38-20-15-12-16-21-38)41-28-42(30-44(29-41)56(8,9)10)49-33-39(26-27-57-49)37-18-13-11-14-19-37;/h11-27,29-36,60H,1-10H3;/q-1;/i5D3,6D3,7D3,11D,13D,14D,18D,19D;. The molecule has 0 radical (unpaired) electrons. The molecular formula is C56H56N3OPt-. The summed E-state index contributed by atoms with van der Waals surface area (Å²) in [6.07, 6.45) is 1.52. The second-order valence-electron chi connectivity index (χ2n) is 17.0. The van der Waals surface area contributed by atoms with Gasteiger partial charge in [-0.1, -0.05) is 171 Å². The normalized spacial score (nSPS) is 16.0. The van der Waals surface area contributed by atoms with Gasteiger partial charge in [-0.3, -0.25) is 9.55 Å². The number of phenolic OH excluding ortho intramolecular Hbond substituents is 1. The number of nitrogens with zero attached hydrogens (tertiary/aromatic N) is 3. The molecule has 0 aliphatic rings. The predicted molar refractivity (Wildman–Crippen MR) is 252 cm³/mol. The molecule has 312 valence electrons. The molecule has 0 unspecified atom stereocenters. The van der Waals surface area contributed by atoms with E-state index in [0.29, 0.717) is 66.9 Å². The van der Waals surface area contributed by atoms with Crippen LogP contribution >= 0.6 is 0 Å². The van der Waals surface area contributed by atoms with Crippen molar-refractivity contribution in [1.29, 1.82) is 0 Å². The van der Waals surface area contributed by atoms with E-state index in [1.54, 1.807) is 42.5 Å². The molecule has 0 amide bonds. The number of pyridine rings is 1. The Morgan fingerprint density at radius 1 is 0.672 bits per heavy atom. The first kappa shape index (κ1) is 28.9. The number of para-hydroxylation sites is 1. The average molecular weight is 996 g/mol. The van der Waals surface area contributed by atoms with Crippen molar-refractivity contribution >= 4 is 11.0 Å². The van der Waals surface area contributed by atoms with Crippen LogP contribution < -0.4 is 0 Å². The number of aromatic nitrogens is 3. The van der Waals surface area contributed by atoms with Crippen molar-refractivity contribution < 1.29 is 45.4 Å². The van der Waals surface area contributed by atoms with Gasteiger partial charge in [0.2, 0.25) is 0 Å². The number of hydrogen-bond donors (Lipinski definition) is 1. The van der Waals surface area contributed by atoms with Crippen molar-refractivity contribution in [3.63, 3.8) is 0 Å². The third-order valence-electron chi connectivity index (χ3n) is 11.0. The van der Waals surface area contributed by atoms with Gasteiger partial charge in [-0.15, -0.1) is 29.3 Å². The van der Waals surface area contributed by atoms with Crippen molar-refractivity contribution in [3.05, 3.63) is 168 Å². The van der Waals surface area contributed by atoms with Gasteiger partial charge in [0.15, 0.2) is 0 Å². The Morgan fingerprint density at radius 2 is 1.41 bits per heavy atom.